The molecule has 0 fully saturated rings. The van der Waals surface area contributed by atoms with E-state index in [1.165, 1.54) is 10.6 Å². The predicted octanol–water partition coefficient (Wildman–Crippen LogP) is 3.07. The number of carbonyl (C=O) groups is 1. The number of sulfonamides is 1. The number of carbonyl (C=O) groups excluding carboxylic acids is 1. The number of hydrogen-bond acceptors (Lipinski definition) is 4. The highest BCUT2D eigenvalue weighted by atomic mass is 32.2. The van der Waals surface area contributed by atoms with Gasteiger partial charge in [0.25, 0.3) is 5.91 Å². The molecular weight excluding hydrogens is 376 g/mol. The van der Waals surface area contributed by atoms with Crippen molar-refractivity contribution in [3.8, 4) is 5.75 Å². The molecule has 1 heterocycles. The van der Waals surface area contributed by atoms with Gasteiger partial charge in [0.2, 0.25) is 10.0 Å². The number of hydrogen-bond donors (Lipinski definition) is 0. The fraction of sp³-hybridized carbons (Fsp3) is 0.381. The van der Waals surface area contributed by atoms with Crippen LogP contribution in [0.25, 0.3) is 0 Å². The normalized spacial score (nSPS) is 16.0. The Morgan fingerprint density at radius 1 is 1.21 bits per heavy atom. The Morgan fingerprint density at radius 3 is 2.50 bits per heavy atom. The summed E-state index contributed by atoms with van der Waals surface area (Å²) in [4.78, 5) is 14.5. The second-order valence-corrected chi connectivity index (χ2v) is 9.05. The lowest BCUT2D eigenvalue weighted by Gasteiger charge is -2.22. The summed E-state index contributed by atoms with van der Waals surface area (Å²) in [6.07, 6.45) is 1.81. The first-order valence-electron chi connectivity index (χ1n) is 9.30. The van der Waals surface area contributed by atoms with Crippen molar-refractivity contribution in [2.24, 2.45) is 0 Å². The maximum atomic E-state index is 12.8. The zero-order chi connectivity index (χ0) is 20.5. The minimum Gasteiger partial charge on any atom is -0.494 e. The topological polar surface area (TPSA) is 66.9 Å². The van der Waals surface area contributed by atoms with Crippen LogP contribution in [0.3, 0.4) is 0 Å². The second-order valence-electron chi connectivity index (χ2n) is 7.19. The lowest BCUT2D eigenvalue weighted by Crippen LogP contribution is -2.34. The summed E-state index contributed by atoms with van der Waals surface area (Å²) in [6.45, 7) is 4.91. The van der Waals surface area contributed by atoms with E-state index in [4.69, 9.17) is 4.74 Å². The van der Waals surface area contributed by atoms with Crippen LogP contribution in [0, 0.1) is 0 Å². The van der Waals surface area contributed by atoms with Crippen molar-refractivity contribution in [3.05, 3.63) is 59.2 Å². The SMILES string of the molecule is CCOc1ccc(CN(C)C(=O)c2ccc3c(c2)C[C@H](C)N3S(C)(=O)=O)cc1. The van der Waals surface area contributed by atoms with Gasteiger partial charge in [-0.3, -0.25) is 9.10 Å². The number of ether oxygens (including phenoxy) is 1. The third-order valence-electron chi connectivity index (χ3n) is 4.84. The highest BCUT2D eigenvalue weighted by Crippen LogP contribution is 2.34. The quantitative estimate of drug-likeness (QED) is 0.745. The van der Waals surface area contributed by atoms with Gasteiger partial charge in [-0.05, 0) is 61.7 Å². The number of nitrogens with zero attached hydrogens (tertiary/aromatic N) is 2. The predicted molar refractivity (Wildman–Crippen MR) is 110 cm³/mol. The Labute approximate surface area is 166 Å². The molecule has 28 heavy (non-hydrogen) atoms. The molecule has 0 unspecified atom stereocenters. The van der Waals surface area contributed by atoms with Gasteiger partial charge in [-0.15, -0.1) is 0 Å². The van der Waals surface area contributed by atoms with E-state index < -0.39 is 10.0 Å². The van der Waals surface area contributed by atoms with E-state index in [-0.39, 0.29) is 11.9 Å². The van der Waals surface area contributed by atoms with E-state index in [9.17, 15) is 13.2 Å². The third kappa shape index (κ3) is 4.14. The summed E-state index contributed by atoms with van der Waals surface area (Å²) in [6, 6.07) is 12.8. The molecule has 0 spiro atoms. The maximum absolute atomic E-state index is 12.8. The molecule has 0 saturated heterocycles. The smallest absolute Gasteiger partial charge is 0.253 e. The van der Waals surface area contributed by atoms with Crippen LogP contribution in [0.5, 0.6) is 5.75 Å². The van der Waals surface area contributed by atoms with E-state index in [0.29, 0.717) is 30.8 Å². The van der Waals surface area contributed by atoms with Crippen LogP contribution < -0.4 is 9.04 Å². The van der Waals surface area contributed by atoms with E-state index in [1.807, 2.05) is 44.2 Å². The van der Waals surface area contributed by atoms with Gasteiger partial charge in [-0.1, -0.05) is 12.1 Å². The van der Waals surface area contributed by atoms with Gasteiger partial charge < -0.3 is 9.64 Å². The molecule has 0 aliphatic carbocycles. The van der Waals surface area contributed by atoms with Crippen molar-refractivity contribution in [1.29, 1.82) is 0 Å². The monoisotopic (exact) mass is 402 g/mol. The van der Waals surface area contributed by atoms with Crippen molar-refractivity contribution >= 4 is 21.6 Å². The van der Waals surface area contributed by atoms with Gasteiger partial charge in [-0.2, -0.15) is 0 Å². The number of fused-ring (bicyclic) bond motifs is 1. The van der Waals surface area contributed by atoms with Gasteiger partial charge in [0, 0.05) is 25.2 Å². The molecule has 3 rings (SSSR count). The zero-order valence-electron chi connectivity index (χ0n) is 16.7. The first-order chi connectivity index (χ1) is 13.2. The van der Waals surface area contributed by atoms with Crippen LogP contribution in [-0.2, 0) is 23.0 Å². The average molecular weight is 403 g/mol. The molecule has 150 valence electrons. The van der Waals surface area contributed by atoms with Crippen molar-refractivity contribution in [3.63, 3.8) is 0 Å². The summed E-state index contributed by atoms with van der Waals surface area (Å²) in [5, 5.41) is 0. The number of amides is 1. The molecule has 1 atom stereocenters. The Morgan fingerprint density at radius 2 is 1.89 bits per heavy atom. The van der Waals surface area contributed by atoms with E-state index >= 15 is 0 Å². The number of anilines is 1. The van der Waals surface area contributed by atoms with Gasteiger partial charge in [-0.25, -0.2) is 8.42 Å². The minimum atomic E-state index is -3.34. The van der Waals surface area contributed by atoms with E-state index in [1.54, 1.807) is 24.1 Å². The summed E-state index contributed by atoms with van der Waals surface area (Å²) < 4.78 is 31.0. The maximum Gasteiger partial charge on any atom is 0.253 e. The molecule has 0 N–H and O–H groups in total. The molecule has 0 saturated carbocycles. The second kappa shape index (κ2) is 7.83. The van der Waals surface area contributed by atoms with Crippen molar-refractivity contribution in [2.75, 3.05) is 24.2 Å². The largest absolute Gasteiger partial charge is 0.494 e. The van der Waals surface area contributed by atoms with Crippen LogP contribution in [0.1, 0.15) is 35.3 Å². The lowest BCUT2D eigenvalue weighted by atomic mass is 10.1. The minimum absolute atomic E-state index is 0.0952. The average Bonchev–Trinajstić information content (AvgIpc) is 2.97. The summed E-state index contributed by atoms with van der Waals surface area (Å²) >= 11 is 0. The van der Waals surface area contributed by atoms with Crippen LogP contribution in [0.2, 0.25) is 0 Å². The third-order valence-corrected chi connectivity index (χ3v) is 6.11. The molecule has 0 bridgehead atoms. The Hall–Kier alpha value is -2.54. The fourth-order valence-electron chi connectivity index (χ4n) is 3.66. The summed E-state index contributed by atoms with van der Waals surface area (Å²) in [5.74, 6) is 0.713. The zero-order valence-corrected chi connectivity index (χ0v) is 17.5. The number of rotatable bonds is 6. The van der Waals surface area contributed by atoms with Gasteiger partial charge in [0.15, 0.2) is 0 Å². The summed E-state index contributed by atoms with van der Waals surface area (Å²) in [7, 11) is -1.57. The lowest BCUT2D eigenvalue weighted by molar-refractivity contribution is 0.0785. The standard InChI is InChI=1S/C21H26N2O4S/c1-5-27-19-9-6-16(7-10-19)14-22(3)21(24)17-8-11-20-18(13-17)12-15(2)23(20)28(4,25)26/h6-11,13,15H,5,12,14H2,1-4H3/t15-/m0/s1. The Balaban J connectivity index is 1.75. The van der Waals surface area contributed by atoms with Crippen molar-refractivity contribution < 1.29 is 17.9 Å². The fourth-order valence-corrected chi connectivity index (χ4v) is 4.93. The van der Waals surface area contributed by atoms with Gasteiger partial charge in [0.05, 0.1) is 18.6 Å². The molecule has 6 nitrogen and oxygen atoms in total. The molecule has 1 aliphatic heterocycles. The Bertz CT molecular complexity index is 970. The van der Waals surface area contributed by atoms with Crippen LogP contribution >= 0.6 is 0 Å². The van der Waals surface area contributed by atoms with E-state index in [2.05, 4.69) is 0 Å². The highest BCUT2D eigenvalue weighted by Gasteiger charge is 2.33. The van der Waals surface area contributed by atoms with Crippen LogP contribution in [0.4, 0.5) is 5.69 Å². The molecule has 0 aromatic heterocycles. The number of benzene rings is 2. The van der Waals surface area contributed by atoms with Gasteiger partial charge in [0.1, 0.15) is 5.75 Å². The molecule has 7 heteroatoms. The van der Waals surface area contributed by atoms with Gasteiger partial charge >= 0.3 is 0 Å². The first-order valence-corrected chi connectivity index (χ1v) is 11.1. The molecular formula is C21H26N2O4S. The van der Waals surface area contributed by atoms with Crippen molar-refractivity contribution in [2.45, 2.75) is 32.9 Å². The molecule has 1 amide bonds. The van der Waals surface area contributed by atoms with Crippen LogP contribution in [0.15, 0.2) is 42.5 Å². The van der Waals surface area contributed by atoms with Crippen molar-refractivity contribution in [1.82, 2.24) is 4.90 Å². The van der Waals surface area contributed by atoms with Crippen LogP contribution in [-0.4, -0.2) is 45.2 Å². The Kier molecular flexibility index (Phi) is 5.65. The summed E-state index contributed by atoms with van der Waals surface area (Å²) in [5.41, 5.74) is 3.13. The van der Waals surface area contributed by atoms with E-state index in [0.717, 1.165) is 16.9 Å². The first kappa shape index (κ1) is 20.2. The highest BCUT2D eigenvalue weighted by molar-refractivity contribution is 7.92. The molecule has 0 radical (unpaired) electrons. The molecule has 2 aromatic rings. The molecule has 1 aliphatic rings. The molecule has 2 aromatic carbocycles.